The molecule has 0 saturated carbocycles. The van der Waals surface area contributed by atoms with E-state index in [1.807, 2.05) is 54.6 Å². The molecule has 0 saturated heterocycles. The van der Waals surface area contributed by atoms with Crippen LogP contribution < -0.4 is 20.3 Å². The second kappa shape index (κ2) is 11.8. The van der Waals surface area contributed by atoms with Gasteiger partial charge in [0.1, 0.15) is 5.75 Å². The van der Waals surface area contributed by atoms with Crippen molar-refractivity contribution in [1.29, 1.82) is 0 Å². The van der Waals surface area contributed by atoms with E-state index in [4.69, 9.17) is 27.9 Å². The molecule has 0 atom stereocenters. The number of methoxy groups -OCH3 is 1. The predicted octanol–water partition coefficient (Wildman–Crippen LogP) is 7.01. The predicted molar refractivity (Wildman–Crippen MR) is 147 cm³/mol. The van der Waals surface area contributed by atoms with Crippen molar-refractivity contribution in [3.63, 3.8) is 0 Å². The number of hydrogen-bond donors (Lipinski definition) is 2. The van der Waals surface area contributed by atoms with Crippen LogP contribution in [0.15, 0.2) is 84.9 Å². The Morgan fingerprint density at radius 3 is 2.39 bits per heavy atom. The summed E-state index contributed by atoms with van der Waals surface area (Å²) >= 11 is 12.1. The summed E-state index contributed by atoms with van der Waals surface area (Å²) in [5.41, 5.74) is 1.84. The van der Waals surface area contributed by atoms with E-state index < -0.39 is 0 Å². The highest BCUT2D eigenvalue weighted by molar-refractivity contribution is 6.42. The molecule has 2 N–H and O–H groups in total. The fraction of sp³-hybridized carbons (Fsp3) is 0.143. The van der Waals surface area contributed by atoms with Crippen LogP contribution in [0.3, 0.4) is 0 Å². The van der Waals surface area contributed by atoms with Crippen LogP contribution in [-0.2, 0) is 0 Å². The molecule has 0 aliphatic carbocycles. The quantitative estimate of drug-likeness (QED) is 0.245. The highest BCUT2D eigenvalue weighted by Gasteiger charge is 2.17. The van der Waals surface area contributed by atoms with E-state index in [0.717, 1.165) is 10.8 Å². The molecule has 4 rings (SSSR count). The second-order valence-corrected chi connectivity index (χ2v) is 8.86. The Morgan fingerprint density at radius 1 is 0.889 bits per heavy atom. The molecule has 3 amide bonds. The van der Waals surface area contributed by atoms with Gasteiger partial charge in [-0.2, -0.15) is 0 Å². The number of amides is 3. The lowest BCUT2D eigenvalue weighted by Gasteiger charge is -2.24. The van der Waals surface area contributed by atoms with Gasteiger partial charge in [0.05, 0.1) is 17.2 Å². The van der Waals surface area contributed by atoms with Crippen LogP contribution in [0.5, 0.6) is 5.75 Å². The number of carbonyl (C=O) groups excluding carboxylic acids is 2. The Morgan fingerprint density at radius 2 is 1.64 bits per heavy atom. The first kappa shape index (κ1) is 25.4. The topological polar surface area (TPSA) is 70.7 Å². The van der Waals surface area contributed by atoms with Crippen LogP contribution in [0, 0.1) is 0 Å². The number of halogens is 2. The van der Waals surface area contributed by atoms with Crippen LogP contribution in [0.4, 0.5) is 16.2 Å². The van der Waals surface area contributed by atoms with Crippen molar-refractivity contribution in [3.8, 4) is 5.75 Å². The lowest BCUT2D eigenvalue weighted by Crippen LogP contribution is -2.37. The van der Waals surface area contributed by atoms with Gasteiger partial charge in [0.15, 0.2) is 0 Å². The number of benzene rings is 4. The Bertz CT molecular complexity index is 1370. The molecule has 6 nitrogen and oxygen atoms in total. The maximum Gasteiger partial charge on any atom is 0.326 e. The minimum Gasteiger partial charge on any atom is -0.497 e. The van der Waals surface area contributed by atoms with E-state index in [9.17, 15) is 9.59 Å². The number of urea groups is 1. The number of nitrogens with one attached hydrogen (secondary N) is 2. The molecule has 0 unspecified atom stereocenters. The van der Waals surface area contributed by atoms with Crippen molar-refractivity contribution in [3.05, 3.63) is 101 Å². The van der Waals surface area contributed by atoms with Gasteiger partial charge in [-0.1, -0.05) is 59.6 Å². The summed E-state index contributed by atoms with van der Waals surface area (Å²) in [6.07, 6.45) is 0.539. The van der Waals surface area contributed by atoms with Gasteiger partial charge in [0.25, 0.3) is 5.91 Å². The van der Waals surface area contributed by atoms with E-state index in [-0.39, 0.29) is 11.9 Å². The Balaban J connectivity index is 1.43. The molecule has 4 aromatic carbocycles. The summed E-state index contributed by atoms with van der Waals surface area (Å²) in [7, 11) is 1.59. The molecule has 0 fully saturated rings. The van der Waals surface area contributed by atoms with E-state index in [1.54, 1.807) is 42.3 Å². The van der Waals surface area contributed by atoms with Gasteiger partial charge in [-0.3, -0.25) is 9.69 Å². The number of hydrogen-bond acceptors (Lipinski definition) is 3. The van der Waals surface area contributed by atoms with Gasteiger partial charge < -0.3 is 15.4 Å². The van der Waals surface area contributed by atoms with E-state index in [0.29, 0.717) is 52.2 Å². The average molecular weight is 522 g/mol. The van der Waals surface area contributed by atoms with Crippen molar-refractivity contribution >= 4 is 57.3 Å². The molecule has 0 aromatic heterocycles. The summed E-state index contributed by atoms with van der Waals surface area (Å²) in [6, 6.07) is 25.2. The normalized spacial score (nSPS) is 10.6. The number of nitrogens with zero attached hydrogens (tertiary/aromatic N) is 1. The van der Waals surface area contributed by atoms with Crippen molar-refractivity contribution < 1.29 is 14.3 Å². The van der Waals surface area contributed by atoms with Crippen molar-refractivity contribution in [1.82, 2.24) is 5.32 Å². The lowest BCUT2D eigenvalue weighted by molar-refractivity contribution is 0.0955. The summed E-state index contributed by atoms with van der Waals surface area (Å²) in [5.74, 6) is 0.536. The third kappa shape index (κ3) is 6.08. The third-order valence-electron chi connectivity index (χ3n) is 5.68. The van der Waals surface area contributed by atoms with Gasteiger partial charge in [-0.25, -0.2) is 4.79 Å². The molecule has 0 aliphatic rings. The Kier molecular flexibility index (Phi) is 8.31. The smallest absolute Gasteiger partial charge is 0.326 e. The summed E-state index contributed by atoms with van der Waals surface area (Å²) < 4.78 is 5.23. The Labute approximate surface area is 219 Å². The van der Waals surface area contributed by atoms with Crippen LogP contribution >= 0.6 is 23.2 Å². The van der Waals surface area contributed by atoms with Crippen LogP contribution in [0.1, 0.15) is 16.8 Å². The zero-order chi connectivity index (χ0) is 25.5. The number of rotatable bonds is 8. The fourth-order valence-corrected chi connectivity index (χ4v) is 4.13. The minimum atomic E-state index is -0.334. The van der Waals surface area contributed by atoms with Gasteiger partial charge in [-0.15, -0.1) is 0 Å². The first-order valence-corrected chi connectivity index (χ1v) is 12.2. The highest BCUT2D eigenvalue weighted by Crippen LogP contribution is 2.26. The fourth-order valence-electron chi connectivity index (χ4n) is 3.83. The van der Waals surface area contributed by atoms with E-state index in [2.05, 4.69) is 10.6 Å². The molecule has 0 radical (unpaired) electrons. The summed E-state index contributed by atoms with van der Waals surface area (Å²) in [5, 5.41) is 8.49. The molecule has 184 valence electrons. The molecule has 4 aromatic rings. The lowest BCUT2D eigenvalue weighted by atomic mass is 10.0. The average Bonchev–Trinajstić information content (AvgIpc) is 2.90. The van der Waals surface area contributed by atoms with E-state index in [1.165, 1.54) is 0 Å². The minimum absolute atomic E-state index is 0.150. The van der Waals surface area contributed by atoms with Crippen LogP contribution in [0.25, 0.3) is 10.8 Å². The third-order valence-corrected chi connectivity index (χ3v) is 6.42. The Hall–Kier alpha value is -3.74. The van der Waals surface area contributed by atoms with Gasteiger partial charge in [-0.05, 0) is 65.7 Å². The maximum atomic E-state index is 13.2. The molecular formula is C28H25Cl2N3O3. The SMILES string of the molecule is COc1ccc(N(CCCNC(=O)c2cccc3ccccc23)C(=O)Nc2ccc(Cl)c(Cl)c2)cc1. The van der Waals surface area contributed by atoms with Crippen molar-refractivity contribution in [2.75, 3.05) is 30.4 Å². The summed E-state index contributed by atoms with van der Waals surface area (Å²) in [4.78, 5) is 27.6. The second-order valence-electron chi connectivity index (χ2n) is 8.04. The number of ether oxygens (including phenoxy) is 1. The first-order chi connectivity index (χ1) is 17.5. The van der Waals surface area contributed by atoms with Gasteiger partial charge >= 0.3 is 6.03 Å². The highest BCUT2D eigenvalue weighted by atomic mass is 35.5. The molecule has 0 heterocycles. The van der Waals surface area contributed by atoms with Gasteiger partial charge in [0, 0.05) is 30.0 Å². The largest absolute Gasteiger partial charge is 0.497 e. The zero-order valence-corrected chi connectivity index (χ0v) is 21.1. The molecule has 8 heteroatoms. The molecule has 0 bridgehead atoms. The summed E-state index contributed by atoms with van der Waals surface area (Å²) in [6.45, 7) is 0.768. The molecular weight excluding hydrogens is 497 g/mol. The zero-order valence-electron chi connectivity index (χ0n) is 19.6. The number of fused-ring (bicyclic) bond motifs is 1. The first-order valence-electron chi connectivity index (χ1n) is 11.4. The molecule has 0 spiro atoms. The molecule has 36 heavy (non-hydrogen) atoms. The standard InChI is InChI=1S/C28H25Cl2N3O3/c1-36-22-13-11-21(12-14-22)33(28(35)32-20-10-15-25(29)26(30)18-20)17-5-16-31-27(34)24-9-4-7-19-6-2-3-8-23(19)24/h2-4,6-15,18H,5,16-17H2,1H3,(H,31,34)(H,32,35). The van der Waals surface area contributed by atoms with Crippen LogP contribution in [0.2, 0.25) is 10.0 Å². The monoisotopic (exact) mass is 521 g/mol. The molecule has 0 aliphatic heterocycles. The number of carbonyl (C=O) groups is 2. The van der Waals surface area contributed by atoms with Crippen molar-refractivity contribution in [2.45, 2.75) is 6.42 Å². The number of anilines is 2. The van der Waals surface area contributed by atoms with E-state index >= 15 is 0 Å². The maximum absolute atomic E-state index is 13.2. The van der Waals surface area contributed by atoms with Crippen LogP contribution in [-0.4, -0.2) is 32.1 Å². The van der Waals surface area contributed by atoms with Gasteiger partial charge in [0.2, 0.25) is 0 Å². The van der Waals surface area contributed by atoms with Crippen molar-refractivity contribution in [2.24, 2.45) is 0 Å².